The maximum Gasteiger partial charge on any atom is 0.418 e. The number of anilines is 1. The summed E-state index contributed by atoms with van der Waals surface area (Å²) in [6, 6.07) is 1.26. The van der Waals surface area contributed by atoms with Crippen LogP contribution in [-0.2, 0) is 10.9 Å². The van der Waals surface area contributed by atoms with E-state index in [0.29, 0.717) is 6.07 Å². The van der Waals surface area contributed by atoms with Gasteiger partial charge in [-0.1, -0.05) is 11.6 Å². The average Bonchev–Trinajstić information content (AvgIpc) is 2.36. The van der Waals surface area contributed by atoms with Crippen LogP contribution in [0.1, 0.15) is 5.56 Å². The normalized spacial score (nSPS) is 17.0. The maximum absolute atomic E-state index is 12.7. The van der Waals surface area contributed by atoms with Crippen molar-refractivity contribution < 1.29 is 27.9 Å². The minimum Gasteiger partial charge on any atom is -0.396 e. The molecule has 0 amide bonds. The fourth-order valence-corrected chi connectivity index (χ4v) is 2.27. The van der Waals surface area contributed by atoms with Gasteiger partial charge in [0.1, 0.15) is 5.69 Å². The van der Waals surface area contributed by atoms with Crippen molar-refractivity contribution in [3.8, 4) is 0 Å². The fraction of sp³-hybridized carbons (Fsp3) is 0.500. The lowest BCUT2D eigenvalue weighted by Crippen LogP contribution is -2.50. The van der Waals surface area contributed by atoms with Gasteiger partial charge >= 0.3 is 6.18 Å². The van der Waals surface area contributed by atoms with Crippen molar-refractivity contribution in [3.63, 3.8) is 0 Å². The Hall–Kier alpha value is -1.58. The van der Waals surface area contributed by atoms with Gasteiger partial charge in [-0.25, -0.2) is 0 Å². The Bertz CT molecular complexity index is 585. The van der Waals surface area contributed by atoms with E-state index in [0.717, 1.165) is 6.07 Å². The van der Waals surface area contributed by atoms with Crippen molar-refractivity contribution in [2.45, 2.75) is 6.18 Å². The summed E-state index contributed by atoms with van der Waals surface area (Å²) < 4.78 is 43.2. The monoisotopic (exact) mass is 340 g/mol. The summed E-state index contributed by atoms with van der Waals surface area (Å²) in [5.41, 5.74) is -2.73. The molecule has 0 radical (unpaired) electrons. The molecule has 0 atom stereocenters. The molecular weight excluding hydrogens is 329 g/mol. The van der Waals surface area contributed by atoms with Gasteiger partial charge in [-0.05, 0) is 6.07 Å². The highest BCUT2D eigenvalue weighted by molar-refractivity contribution is 6.31. The van der Waals surface area contributed by atoms with Crippen LogP contribution in [0.25, 0.3) is 0 Å². The summed E-state index contributed by atoms with van der Waals surface area (Å²) in [4.78, 5) is 10.1. The summed E-state index contributed by atoms with van der Waals surface area (Å²) in [5.74, 6) is 0. The van der Waals surface area contributed by atoms with Gasteiger partial charge in [-0.2, -0.15) is 13.2 Å². The number of hydrogen-bond donors (Lipinski definition) is 2. The van der Waals surface area contributed by atoms with Gasteiger partial charge in [-0.15, -0.1) is 0 Å². The zero-order chi connectivity index (χ0) is 16.5. The van der Waals surface area contributed by atoms with E-state index in [4.69, 9.17) is 16.3 Å². The van der Waals surface area contributed by atoms with E-state index in [-0.39, 0.29) is 32.1 Å². The Balaban J connectivity index is 2.30. The smallest absolute Gasteiger partial charge is 0.396 e. The van der Waals surface area contributed by atoms with E-state index in [1.54, 1.807) is 0 Å². The number of halogens is 4. The highest BCUT2D eigenvalue weighted by Crippen LogP contribution is 2.40. The van der Waals surface area contributed by atoms with Crippen molar-refractivity contribution in [1.29, 1.82) is 0 Å². The van der Waals surface area contributed by atoms with E-state index in [1.165, 1.54) is 0 Å². The first-order valence-corrected chi connectivity index (χ1v) is 6.54. The van der Waals surface area contributed by atoms with Gasteiger partial charge < -0.3 is 15.2 Å². The second-order valence-corrected chi connectivity index (χ2v) is 5.52. The Kier molecular flexibility index (Phi) is 4.50. The topological polar surface area (TPSA) is 84.6 Å². The Labute approximate surface area is 128 Å². The van der Waals surface area contributed by atoms with E-state index >= 15 is 0 Å². The number of nitrogens with zero attached hydrogens (tertiary/aromatic N) is 1. The molecule has 1 saturated heterocycles. The molecule has 0 unspecified atom stereocenters. The fourth-order valence-electron chi connectivity index (χ4n) is 1.99. The quantitative estimate of drug-likeness (QED) is 0.636. The molecule has 122 valence electrons. The molecule has 2 rings (SSSR count). The molecule has 0 aromatic heterocycles. The van der Waals surface area contributed by atoms with E-state index in [2.05, 4.69) is 5.32 Å². The third kappa shape index (κ3) is 3.26. The van der Waals surface area contributed by atoms with E-state index in [1.807, 2.05) is 0 Å². The minimum atomic E-state index is -4.78. The van der Waals surface area contributed by atoms with Gasteiger partial charge in [0, 0.05) is 12.6 Å². The Morgan fingerprint density at radius 3 is 2.50 bits per heavy atom. The number of benzene rings is 1. The molecule has 10 heteroatoms. The summed E-state index contributed by atoms with van der Waals surface area (Å²) in [6.45, 7) is 0.436. The second-order valence-electron chi connectivity index (χ2n) is 5.11. The largest absolute Gasteiger partial charge is 0.418 e. The Morgan fingerprint density at radius 2 is 2.09 bits per heavy atom. The number of ether oxygens (including phenoxy) is 1. The third-order valence-electron chi connectivity index (χ3n) is 3.39. The first-order chi connectivity index (χ1) is 10.2. The maximum atomic E-state index is 12.7. The SMILES string of the molecule is O=[N+]([O-])c1cc(C(F)(F)F)c(Cl)cc1NCC1(CO)COC1. The molecule has 0 bridgehead atoms. The molecule has 1 aliphatic heterocycles. The molecule has 0 aliphatic carbocycles. The van der Waals surface area contributed by atoms with Crippen LogP contribution < -0.4 is 5.32 Å². The molecule has 0 saturated carbocycles. The molecule has 22 heavy (non-hydrogen) atoms. The molecule has 0 spiro atoms. The van der Waals surface area contributed by atoms with Gasteiger partial charge in [-0.3, -0.25) is 10.1 Å². The molecule has 1 aliphatic rings. The van der Waals surface area contributed by atoms with Gasteiger partial charge in [0.05, 0.1) is 40.7 Å². The molecule has 1 fully saturated rings. The van der Waals surface area contributed by atoms with Crippen LogP contribution in [0.5, 0.6) is 0 Å². The highest BCUT2D eigenvalue weighted by Gasteiger charge is 2.39. The van der Waals surface area contributed by atoms with Crippen LogP contribution in [0.4, 0.5) is 24.5 Å². The summed E-state index contributed by atoms with van der Waals surface area (Å²) in [7, 11) is 0. The summed E-state index contributed by atoms with van der Waals surface area (Å²) in [6.07, 6.45) is -4.78. The molecule has 2 N–H and O–H groups in total. The van der Waals surface area contributed by atoms with Crippen LogP contribution in [0.2, 0.25) is 5.02 Å². The molecule has 1 aromatic carbocycles. The van der Waals surface area contributed by atoms with E-state index < -0.39 is 32.8 Å². The first-order valence-electron chi connectivity index (χ1n) is 6.16. The number of nitro groups is 1. The lowest BCUT2D eigenvalue weighted by atomic mass is 9.87. The van der Waals surface area contributed by atoms with Gasteiger partial charge in [0.25, 0.3) is 5.69 Å². The zero-order valence-corrected chi connectivity index (χ0v) is 11.9. The predicted molar refractivity (Wildman–Crippen MR) is 71.9 cm³/mol. The number of aliphatic hydroxyl groups is 1. The van der Waals surface area contributed by atoms with Crippen molar-refractivity contribution in [1.82, 2.24) is 0 Å². The lowest BCUT2D eigenvalue weighted by molar-refractivity contribution is -0.384. The van der Waals surface area contributed by atoms with Gasteiger partial charge in [0.15, 0.2) is 0 Å². The number of nitrogens with one attached hydrogen (secondary N) is 1. The van der Waals surface area contributed by atoms with Crippen LogP contribution >= 0.6 is 11.6 Å². The van der Waals surface area contributed by atoms with Crippen molar-refractivity contribution in [2.24, 2.45) is 5.41 Å². The standard InChI is InChI=1S/C12H12ClF3N2O4/c13-8-2-9(17-3-11(4-19)5-22-6-11)10(18(20)21)1-7(8)12(14,15)16/h1-2,17,19H,3-6H2. The number of nitro benzene ring substituents is 1. The number of hydrogen-bond acceptors (Lipinski definition) is 5. The van der Waals surface area contributed by atoms with Crippen molar-refractivity contribution in [2.75, 3.05) is 31.7 Å². The third-order valence-corrected chi connectivity index (χ3v) is 3.71. The molecular formula is C12H12ClF3N2O4. The Morgan fingerprint density at radius 1 is 1.45 bits per heavy atom. The average molecular weight is 341 g/mol. The molecule has 6 nitrogen and oxygen atoms in total. The van der Waals surface area contributed by atoms with Crippen LogP contribution in [-0.4, -0.2) is 36.4 Å². The molecule has 1 heterocycles. The lowest BCUT2D eigenvalue weighted by Gasteiger charge is -2.40. The zero-order valence-electron chi connectivity index (χ0n) is 11.1. The van der Waals surface area contributed by atoms with Crippen LogP contribution in [0.15, 0.2) is 12.1 Å². The minimum absolute atomic E-state index is 0.117. The summed E-state index contributed by atoms with van der Waals surface area (Å²) in [5, 5.41) is 22.3. The second kappa shape index (κ2) is 5.90. The first kappa shape index (κ1) is 16.8. The summed E-state index contributed by atoms with van der Waals surface area (Å²) >= 11 is 5.57. The number of alkyl halides is 3. The number of aliphatic hydroxyl groups excluding tert-OH is 1. The van der Waals surface area contributed by atoms with Crippen molar-refractivity contribution in [3.05, 3.63) is 32.8 Å². The number of rotatable bonds is 5. The van der Waals surface area contributed by atoms with Gasteiger partial charge in [0.2, 0.25) is 0 Å². The van der Waals surface area contributed by atoms with E-state index in [9.17, 15) is 28.4 Å². The highest BCUT2D eigenvalue weighted by atomic mass is 35.5. The van der Waals surface area contributed by atoms with Crippen molar-refractivity contribution >= 4 is 23.0 Å². The van der Waals surface area contributed by atoms with Crippen LogP contribution in [0.3, 0.4) is 0 Å². The predicted octanol–water partition coefficient (Wildman–Crippen LogP) is 2.69. The molecule has 1 aromatic rings. The van der Waals surface area contributed by atoms with Crippen LogP contribution in [0, 0.1) is 15.5 Å².